The molecule has 1 aliphatic heterocycles. The highest BCUT2D eigenvalue weighted by molar-refractivity contribution is 5.81. The van der Waals surface area contributed by atoms with Crippen molar-refractivity contribution in [2.75, 3.05) is 20.1 Å². The third-order valence-corrected chi connectivity index (χ3v) is 6.88. The Hall–Kier alpha value is -1.95. The Morgan fingerprint density at radius 3 is 2.56 bits per heavy atom. The molecule has 2 fully saturated rings. The zero-order valence-corrected chi connectivity index (χ0v) is 16.8. The van der Waals surface area contributed by atoms with Gasteiger partial charge in [0.2, 0.25) is 11.8 Å². The number of aromatic nitrogens is 1. The van der Waals surface area contributed by atoms with Gasteiger partial charge < -0.3 is 16.0 Å². The van der Waals surface area contributed by atoms with Crippen LogP contribution in [-0.4, -0.2) is 41.8 Å². The minimum atomic E-state index is -0.580. The van der Waals surface area contributed by atoms with Crippen molar-refractivity contribution in [1.82, 2.24) is 15.2 Å². The molecule has 2 heterocycles. The summed E-state index contributed by atoms with van der Waals surface area (Å²) >= 11 is 0. The van der Waals surface area contributed by atoms with E-state index in [0.717, 1.165) is 37.9 Å². The minimum absolute atomic E-state index is 0.0586. The summed E-state index contributed by atoms with van der Waals surface area (Å²) in [5, 5.41) is 3.51. The summed E-state index contributed by atoms with van der Waals surface area (Å²) in [6, 6.07) is 6.07. The predicted molar refractivity (Wildman–Crippen MR) is 105 cm³/mol. The first kappa shape index (κ1) is 19.8. The first-order chi connectivity index (χ1) is 12.7. The molecule has 3 rings (SSSR count). The summed E-state index contributed by atoms with van der Waals surface area (Å²) in [5.41, 5.74) is 5.94. The fourth-order valence-corrected chi connectivity index (χ4v) is 4.55. The number of pyridine rings is 1. The molecular weight excluding hydrogens is 340 g/mol. The van der Waals surface area contributed by atoms with Crippen LogP contribution in [0.3, 0.4) is 0 Å². The monoisotopic (exact) mass is 372 g/mol. The molecule has 27 heavy (non-hydrogen) atoms. The third kappa shape index (κ3) is 3.86. The molecule has 0 aromatic carbocycles. The number of primary amides is 1. The van der Waals surface area contributed by atoms with E-state index in [1.807, 2.05) is 44.1 Å². The van der Waals surface area contributed by atoms with Crippen LogP contribution in [0.4, 0.5) is 0 Å². The Bertz CT molecular complexity index is 693. The standard InChI is InChI=1S/C21H32N4O2/c1-19(2,18(22)27)11-13-25-15-20(14-17(25)26)7-9-21(23-3,10-8-20)16-6-4-5-12-24-16/h4-6,12,23H,7-11,13-15H2,1-3H3,(H2,22,27)/t20-,21-. The molecule has 1 aromatic heterocycles. The van der Waals surface area contributed by atoms with Crippen LogP contribution in [0.15, 0.2) is 24.4 Å². The number of nitrogens with two attached hydrogens (primary N) is 1. The molecule has 0 atom stereocenters. The van der Waals surface area contributed by atoms with Gasteiger partial charge in [0.1, 0.15) is 0 Å². The Morgan fingerprint density at radius 1 is 1.30 bits per heavy atom. The minimum Gasteiger partial charge on any atom is -0.369 e. The van der Waals surface area contributed by atoms with Crippen LogP contribution < -0.4 is 11.1 Å². The molecule has 3 N–H and O–H groups in total. The molecule has 1 saturated carbocycles. The van der Waals surface area contributed by atoms with Crippen LogP contribution in [0.1, 0.15) is 58.1 Å². The van der Waals surface area contributed by atoms with E-state index in [9.17, 15) is 9.59 Å². The number of hydrogen-bond acceptors (Lipinski definition) is 4. The number of rotatable bonds is 6. The molecule has 2 aliphatic rings. The number of nitrogens with zero attached hydrogens (tertiary/aromatic N) is 2. The fraction of sp³-hybridized carbons (Fsp3) is 0.667. The molecule has 6 heteroatoms. The second kappa shape index (κ2) is 7.23. The highest BCUT2D eigenvalue weighted by atomic mass is 16.2. The van der Waals surface area contributed by atoms with Crippen LogP contribution in [0, 0.1) is 10.8 Å². The molecule has 0 radical (unpaired) electrons. The summed E-state index contributed by atoms with van der Waals surface area (Å²) in [4.78, 5) is 30.7. The normalized spacial score (nSPS) is 28.7. The first-order valence-corrected chi connectivity index (χ1v) is 9.90. The van der Waals surface area contributed by atoms with E-state index in [1.54, 1.807) is 0 Å². The Balaban J connectivity index is 1.65. The lowest BCUT2D eigenvalue weighted by molar-refractivity contribution is -0.130. The zero-order chi connectivity index (χ0) is 19.7. The van der Waals surface area contributed by atoms with Gasteiger partial charge >= 0.3 is 0 Å². The third-order valence-electron chi connectivity index (χ3n) is 6.88. The lowest BCUT2D eigenvalue weighted by Crippen LogP contribution is -2.47. The van der Waals surface area contributed by atoms with Crippen molar-refractivity contribution in [3.8, 4) is 0 Å². The van der Waals surface area contributed by atoms with Crippen molar-refractivity contribution < 1.29 is 9.59 Å². The van der Waals surface area contributed by atoms with Crippen molar-refractivity contribution >= 4 is 11.8 Å². The topological polar surface area (TPSA) is 88.3 Å². The van der Waals surface area contributed by atoms with Crippen molar-refractivity contribution in [2.24, 2.45) is 16.6 Å². The smallest absolute Gasteiger partial charge is 0.223 e. The van der Waals surface area contributed by atoms with E-state index in [0.29, 0.717) is 19.4 Å². The van der Waals surface area contributed by atoms with Crippen molar-refractivity contribution in [1.29, 1.82) is 0 Å². The molecule has 1 aliphatic carbocycles. The van der Waals surface area contributed by atoms with E-state index >= 15 is 0 Å². The number of carbonyl (C=O) groups is 2. The van der Waals surface area contributed by atoms with Gasteiger partial charge in [-0.15, -0.1) is 0 Å². The lowest BCUT2D eigenvalue weighted by Gasteiger charge is -2.44. The molecule has 1 saturated heterocycles. The van der Waals surface area contributed by atoms with Gasteiger partial charge in [0, 0.05) is 31.1 Å². The average Bonchev–Trinajstić information content (AvgIpc) is 2.97. The van der Waals surface area contributed by atoms with E-state index in [1.165, 1.54) is 0 Å². The summed E-state index contributed by atoms with van der Waals surface area (Å²) in [7, 11) is 2.00. The van der Waals surface area contributed by atoms with E-state index < -0.39 is 5.41 Å². The Kier molecular flexibility index (Phi) is 5.30. The number of amides is 2. The molecule has 2 amide bonds. The van der Waals surface area contributed by atoms with Gasteiger partial charge in [-0.1, -0.05) is 19.9 Å². The van der Waals surface area contributed by atoms with Crippen LogP contribution in [0.25, 0.3) is 0 Å². The van der Waals surface area contributed by atoms with E-state index in [2.05, 4.69) is 16.4 Å². The molecule has 0 bridgehead atoms. The zero-order valence-electron chi connectivity index (χ0n) is 16.8. The summed E-state index contributed by atoms with van der Waals surface area (Å²) in [6.07, 6.45) is 7.05. The number of nitrogens with one attached hydrogen (secondary N) is 1. The molecule has 148 valence electrons. The van der Waals surface area contributed by atoms with Crippen LogP contribution in [0.5, 0.6) is 0 Å². The lowest BCUT2D eigenvalue weighted by atomic mass is 9.66. The summed E-state index contributed by atoms with van der Waals surface area (Å²) in [6.45, 7) is 5.09. The van der Waals surface area contributed by atoms with Gasteiger partial charge in [-0.05, 0) is 56.7 Å². The van der Waals surface area contributed by atoms with Gasteiger partial charge in [-0.25, -0.2) is 0 Å². The second-order valence-electron chi connectivity index (χ2n) is 9.04. The highest BCUT2D eigenvalue weighted by Gasteiger charge is 2.49. The highest BCUT2D eigenvalue weighted by Crippen LogP contribution is 2.50. The largest absolute Gasteiger partial charge is 0.369 e. The maximum Gasteiger partial charge on any atom is 0.223 e. The first-order valence-electron chi connectivity index (χ1n) is 9.90. The Morgan fingerprint density at radius 2 is 2.00 bits per heavy atom. The van der Waals surface area contributed by atoms with Crippen LogP contribution in [-0.2, 0) is 15.1 Å². The van der Waals surface area contributed by atoms with Gasteiger partial charge in [0.15, 0.2) is 0 Å². The maximum absolute atomic E-state index is 12.6. The van der Waals surface area contributed by atoms with Gasteiger partial charge in [0.05, 0.1) is 11.2 Å². The number of carbonyl (C=O) groups excluding carboxylic acids is 2. The summed E-state index contributed by atoms with van der Waals surface area (Å²) < 4.78 is 0. The fourth-order valence-electron chi connectivity index (χ4n) is 4.55. The molecule has 6 nitrogen and oxygen atoms in total. The predicted octanol–water partition coefficient (Wildman–Crippen LogP) is 2.19. The van der Waals surface area contributed by atoms with Gasteiger partial charge in [0.25, 0.3) is 0 Å². The molecular formula is C21H32N4O2. The molecule has 1 aromatic rings. The van der Waals surface area contributed by atoms with Crippen molar-refractivity contribution in [3.05, 3.63) is 30.1 Å². The van der Waals surface area contributed by atoms with E-state index in [-0.39, 0.29) is 22.8 Å². The average molecular weight is 373 g/mol. The molecule has 0 unspecified atom stereocenters. The SMILES string of the molecule is CN[C@]1(c2ccccn2)CC[C@@]2(CC1)CC(=O)N(CCC(C)(C)C(N)=O)C2. The second-order valence-corrected chi connectivity index (χ2v) is 9.04. The quantitative estimate of drug-likeness (QED) is 0.801. The summed E-state index contributed by atoms with van der Waals surface area (Å²) in [5.74, 6) is -0.0965. The number of likely N-dealkylation sites (tertiary alicyclic amines) is 1. The molecule has 1 spiro atoms. The van der Waals surface area contributed by atoms with Crippen LogP contribution in [0.2, 0.25) is 0 Å². The Labute approximate surface area is 161 Å². The van der Waals surface area contributed by atoms with Crippen molar-refractivity contribution in [2.45, 2.75) is 57.9 Å². The van der Waals surface area contributed by atoms with E-state index in [4.69, 9.17) is 5.73 Å². The van der Waals surface area contributed by atoms with Crippen molar-refractivity contribution in [3.63, 3.8) is 0 Å². The maximum atomic E-state index is 12.6. The van der Waals surface area contributed by atoms with Crippen LogP contribution >= 0.6 is 0 Å². The van der Waals surface area contributed by atoms with Gasteiger partial charge in [-0.2, -0.15) is 0 Å². The van der Waals surface area contributed by atoms with Gasteiger partial charge in [-0.3, -0.25) is 14.6 Å². The number of hydrogen-bond donors (Lipinski definition) is 2.